The molecule has 2 aliphatic heterocycles. The fourth-order valence-corrected chi connectivity index (χ4v) is 3.96. The van der Waals surface area contributed by atoms with Gasteiger partial charge in [0.15, 0.2) is 0 Å². The largest absolute Gasteiger partial charge is 0.394 e. The summed E-state index contributed by atoms with van der Waals surface area (Å²) in [6.45, 7) is 2.75. The van der Waals surface area contributed by atoms with Crippen molar-refractivity contribution in [2.24, 2.45) is 0 Å². The van der Waals surface area contributed by atoms with Crippen LogP contribution in [0.2, 0.25) is 5.02 Å². The summed E-state index contributed by atoms with van der Waals surface area (Å²) in [5.41, 5.74) is 2.10. The molecule has 2 N–H and O–H groups in total. The lowest BCUT2D eigenvalue weighted by Crippen LogP contribution is -2.36. The average molecular weight is 370 g/mol. The molecule has 2 saturated heterocycles. The highest BCUT2D eigenvalue weighted by molar-refractivity contribution is 6.31. The number of ether oxygens (including phenoxy) is 2. The summed E-state index contributed by atoms with van der Waals surface area (Å²) in [7, 11) is 1.78. The number of rotatable bonds is 5. The fraction of sp³-hybridized carbons (Fsp3) is 0.684. The van der Waals surface area contributed by atoms with Gasteiger partial charge in [-0.1, -0.05) is 23.7 Å². The number of nitrogens with zero attached hydrogens (tertiary/aromatic N) is 1. The van der Waals surface area contributed by atoms with Gasteiger partial charge in [-0.3, -0.25) is 4.90 Å². The number of aliphatic hydroxyl groups excluding tert-OH is 2. The summed E-state index contributed by atoms with van der Waals surface area (Å²) in [6, 6.07) is 5.95. The Morgan fingerprint density at radius 1 is 1.28 bits per heavy atom. The first-order chi connectivity index (χ1) is 12.1. The van der Waals surface area contributed by atoms with Crippen molar-refractivity contribution in [3.63, 3.8) is 0 Å². The van der Waals surface area contributed by atoms with E-state index < -0.39 is 6.10 Å². The molecule has 2 fully saturated rings. The molecule has 2 heterocycles. The van der Waals surface area contributed by atoms with Gasteiger partial charge in [0.1, 0.15) is 0 Å². The van der Waals surface area contributed by atoms with Crippen LogP contribution >= 0.6 is 11.6 Å². The van der Waals surface area contributed by atoms with Gasteiger partial charge in [0.25, 0.3) is 0 Å². The zero-order chi connectivity index (χ0) is 17.8. The van der Waals surface area contributed by atoms with Crippen LogP contribution in [0.15, 0.2) is 18.2 Å². The zero-order valence-corrected chi connectivity index (χ0v) is 15.5. The Bertz CT molecular complexity index is 562. The van der Waals surface area contributed by atoms with Crippen LogP contribution in [0.5, 0.6) is 0 Å². The Morgan fingerprint density at radius 3 is 2.72 bits per heavy atom. The maximum atomic E-state index is 10.0. The van der Waals surface area contributed by atoms with E-state index in [0.717, 1.165) is 48.6 Å². The average Bonchev–Trinajstić information content (AvgIpc) is 2.63. The van der Waals surface area contributed by atoms with E-state index in [0.29, 0.717) is 18.9 Å². The van der Waals surface area contributed by atoms with Gasteiger partial charge in [-0.2, -0.15) is 0 Å². The quantitative estimate of drug-likeness (QED) is 0.835. The van der Waals surface area contributed by atoms with Gasteiger partial charge in [0, 0.05) is 44.6 Å². The molecule has 3 unspecified atom stereocenters. The highest BCUT2D eigenvalue weighted by atomic mass is 35.5. The van der Waals surface area contributed by atoms with Gasteiger partial charge in [-0.05, 0) is 30.0 Å². The molecule has 5 nitrogen and oxygen atoms in total. The summed E-state index contributed by atoms with van der Waals surface area (Å²) < 4.78 is 11.4. The van der Waals surface area contributed by atoms with Gasteiger partial charge in [-0.15, -0.1) is 0 Å². The molecule has 0 aromatic heterocycles. The van der Waals surface area contributed by atoms with Gasteiger partial charge in [-0.25, -0.2) is 0 Å². The van der Waals surface area contributed by atoms with Crippen LogP contribution in [0.1, 0.15) is 42.9 Å². The van der Waals surface area contributed by atoms with Gasteiger partial charge >= 0.3 is 0 Å². The van der Waals surface area contributed by atoms with Crippen LogP contribution in [0.25, 0.3) is 0 Å². The summed E-state index contributed by atoms with van der Waals surface area (Å²) >= 11 is 6.41. The van der Waals surface area contributed by atoms with E-state index in [2.05, 4.69) is 11.0 Å². The van der Waals surface area contributed by atoms with Crippen molar-refractivity contribution in [2.45, 2.75) is 56.6 Å². The lowest BCUT2D eigenvalue weighted by molar-refractivity contribution is -0.113. The van der Waals surface area contributed by atoms with Crippen molar-refractivity contribution in [2.75, 3.05) is 26.8 Å². The van der Waals surface area contributed by atoms with Crippen molar-refractivity contribution < 1.29 is 19.7 Å². The molecule has 0 aliphatic carbocycles. The van der Waals surface area contributed by atoms with Crippen molar-refractivity contribution in [1.82, 2.24) is 4.90 Å². The van der Waals surface area contributed by atoms with Crippen molar-refractivity contribution in [1.29, 1.82) is 0 Å². The second kappa shape index (κ2) is 8.80. The number of aliphatic hydroxyl groups is 2. The first-order valence-electron chi connectivity index (χ1n) is 9.07. The molecule has 6 heteroatoms. The third-order valence-electron chi connectivity index (χ3n) is 5.28. The molecule has 1 aromatic carbocycles. The Morgan fingerprint density at radius 2 is 2.04 bits per heavy atom. The van der Waals surface area contributed by atoms with Crippen LogP contribution in [-0.2, 0) is 16.0 Å². The minimum absolute atomic E-state index is 0.0670. The maximum absolute atomic E-state index is 10.0. The third-order valence-corrected chi connectivity index (χ3v) is 5.65. The van der Waals surface area contributed by atoms with Crippen molar-refractivity contribution in [3.8, 4) is 0 Å². The topological polar surface area (TPSA) is 62.2 Å². The summed E-state index contributed by atoms with van der Waals surface area (Å²) in [5, 5.41) is 20.2. The predicted octanol–water partition coefficient (Wildman–Crippen LogP) is 2.52. The molecule has 1 aromatic rings. The van der Waals surface area contributed by atoms with Gasteiger partial charge in [0.05, 0.1) is 31.0 Å². The van der Waals surface area contributed by atoms with E-state index in [1.54, 1.807) is 7.11 Å². The SMILES string of the molecule is COC1CCN(Cc2cc(C3CC(O)CC(CO)O3)ccc2Cl)CC1. The number of methoxy groups -OCH3 is 1. The Hall–Kier alpha value is -0.690. The molecule has 0 amide bonds. The highest BCUT2D eigenvalue weighted by Gasteiger charge is 2.29. The number of piperidine rings is 1. The second-order valence-electron chi connectivity index (χ2n) is 7.12. The number of halogens is 1. The molecule has 25 heavy (non-hydrogen) atoms. The predicted molar refractivity (Wildman–Crippen MR) is 96.7 cm³/mol. The highest BCUT2D eigenvalue weighted by Crippen LogP contribution is 2.33. The molecule has 0 radical (unpaired) electrons. The standard InChI is InChI=1S/C19H28ClNO4/c1-24-16-4-6-21(7-5-16)11-14-8-13(2-3-18(14)20)19-10-15(23)9-17(12-22)25-19/h2-3,8,15-17,19,22-23H,4-7,9-12H2,1H3. The van der Waals surface area contributed by atoms with Crippen LogP contribution in [0.3, 0.4) is 0 Å². The Labute approximate surface area is 154 Å². The van der Waals surface area contributed by atoms with E-state index in [9.17, 15) is 10.2 Å². The molecular formula is C19H28ClNO4. The van der Waals surface area contributed by atoms with Crippen LogP contribution in [0.4, 0.5) is 0 Å². The number of benzene rings is 1. The lowest BCUT2D eigenvalue weighted by atomic mass is 9.95. The summed E-state index contributed by atoms with van der Waals surface area (Å²) in [4.78, 5) is 2.40. The van der Waals surface area contributed by atoms with Crippen LogP contribution in [-0.4, -0.2) is 60.2 Å². The monoisotopic (exact) mass is 369 g/mol. The molecular weight excluding hydrogens is 342 g/mol. The first-order valence-corrected chi connectivity index (χ1v) is 9.44. The van der Waals surface area contributed by atoms with Gasteiger partial charge in [0.2, 0.25) is 0 Å². The molecule has 0 bridgehead atoms. The van der Waals surface area contributed by atoms with E-state index in [1.807, 2.05) is 12.1 Å². The molecule has 2 aliphatic rings. The third kappa shape index (κ3) is 4.94. The van der Waals surface area contributed by atoms with Crippen LogP contribution in [0, 0.1) is 0 Å². The van der Waals surface area contributed by atoms with Gasteiger partial charge < -0.3 is 19.7 Å². The smallest absolute Gasteiger partial charge is 0.0854 e. The van der Waals surface area contributed by atoms with Crippen molar-refractivity contribution >= 4 is 11.6 Å². The Balaban J connectivity index is 1.68. The van der Waals surface area contributed by atoms with E-state index >= 15 is 0 Å². The minimum atomic E-state index is -0.442. The number of hydrogen-bond acceptors (Lipinski definition) is 5. The Kier molecular flexibility index (Phi) is 6.72. The van der Waals surface area contributed by atoms with E-state index in [-0.39, 0.29) is 18.8 Å². The summed E-state index contributed by atoms with van der Waals surface area (Å²) in [6.07, 6.45) is 2.55. The van der Waals surface area contributed by atoms with Crippen LogP contribution < -0.4 is 0 Å². The minimum Gasteiger partial charge on any atom is -0.394 e. The fourth-order valence-electron chi connectivity index (χ4n) is 3.78. The number of hydrogen-bond donors (Lipinski definition) is 2. The first kappa shape index (κ1) is 19.1. The maximum Gasteiger partial charge on any atom is 0.0854 e. The zero-order valence-electron chi connectivity index (χ0n) is 14.7. The van der Waals surface area contributed by atoms with Crippen molar-refractivity contribution in [3.05, 3.63) is 34.3 Å². The molecule has 3 rings (SSSR count). The molecule has 0 saturated carbocycles. The molecule has 0 spiro atoms. The lowest BCUT2D eigenvalue weighted by Gasteiger charge is -2.33. The summed E-state index contributed by atoms with van der Waals surface area (Å²) in [5.74, 6) is 0. The normalized spacial score (nSPS) is 29.0. The molecule has 3 atom stereocenters. The van der Waals surface area contributed by atoms with E-state index in [4.69, 9.17) is 21.1 Å². The number of likely N-dealkylation sites (tertiary alicyclic amines) is 1. The van der Waals surface area contributed by atoms with E-state index in [1.165, 1.54) is 0 Å². The molecule has 140 valence electrons. The second-order valence-corrected chi connectivity index (χ2v) is 7.52.